The molecule has 4 heterocycles. The van der Waals surface area contributed by atoms with Crippen molar-refractivity contribution in [2.75, 3.05) is 21.3 Å². The predicted octanol–water partition coefficient (Wildman–Crippen LogP) is 5.60. The van der Waals surface area contributed by atoms with Gasteiger partial charge in [-0.15, -0.1) is 5.10 Å². The summed E-state index contributed by atoms with van der Waals surface area (Å²) in [5.41, 5.74) is 5.75. The number of benzene rings is 3. The summed E-state index contributed by atoms with van der Waals surface area (Å²) in [5, 5.41) is 9.66. The molecule has 0 radical (unpaired) electrons. The van der Waals surface area contributed by atoms with Gasteiger partial charge >= 0.3 is 0 Å². The standard InChI is InChI=1S/C31H26N6O4/c1-18-25-26(21-12-8-9-13-22(21)38-2)27-29-33-28(19-14-15-23(39-3)24(16-19)40-4)35-36(29)17-32-30(27)41-31(25)37(34-18)20-10-6-5-7-11-20/h5-17,26H,1-4H3/t26-/m0/s1. The van der Waals surface area contributed by atoms with E-state index in [4.69, 9.17) is 39.1 Å². The summed E-state index contributed by atoms with van der Waals surface area (Å²) in [7, 11) is 4.88. The third-order valence-electron chi connectivity index (χ3n) is 7.31. The second-order valence-corrected chi connectivity index (χ2v) is 9.57. The molecule has 41 heavy (non-hydrogen) atoms. The summed E-state index contributed by atoms with van der Waals surface area (Å²) in [4.78, 5) is 9.69. The first-order valence-corrected chi connectivity index (χ1v) is 13.0. The smallest absolute Gasteiger partial charge is 0.230 e. The number of rotatable bonds is 6. The Kier molecular flexibility index (Phi) is 5.81. The molecule has 6 aromatic rings. The summed E-state index contributed by atoms with van der Waals surface area (Å²) in [6.45, 7) is 1.99. The van der Waals surface area contributed by atoms with E-state index in [9.17, 15) is 0 Å². The molecule has 1 aliphatic rings. The molecular weight excluding hydrogens is 520 g/mol. The normalized spacial score (nSPS) is 13.8. The van der Waals surface area contributed by atoms with Crippen molar-refractivity contribution >= 4 is 5.65 Å². The molecule has 7 rings (SSSR count). The van der Waals surface area contributed by atoms with Crippen LogP contribution in [-0.4, -0.2) is 50.7 Å². The molecule has 0 unspecified atom stereocenters. The second kappa shape index (κ2) is 9.67. The van der Waals surface area contributed by atoms with E-state index in [0.29, 0.717) is 34.7 Å². The summed E-state index contributed by atoms with van der Waals surface area (Å²) < 4.78 is 26.8. The number of para-hydroxylation sites is 2. The third-order valence-corrected chi connectivity index (χ3v) is 7.31. The van der Waals surface area contributed by atoms with Crippen LogP contribution in [0.5, 0.6) is 29.0 Å². The molecule has 0 bridgehead atoms. The van der Waals surface area contributed by atoms with Crippen LogP contribution in [0.2, 0.25) is 0 Å². The number of fused-ring (bicyclic) bond motifs is 4. The van der Waals surface area contributed by atoms with Gasteiger partial charge in [-0.2, -0.15) is 5.10 Å². The van der Waals surface area contributed by atoms with Gasteiger partial charge in [0.05, 0.1) is 49.8 Å². The van der Waals surface area contributed by atoms with Crippen molar-refractivity contribution in [2.24, 2.45) is 0 Å². The minimum Gasteiger partial charge on any atom is -0.496 e. The van der Waals surface area contributed by atoms with Gasteiger partial charge < -0.3 is 18.9 Å². The summed E-state index contributed by atoms with van der Waals surface area (Å²) in [6.07, 6.45) is 1.62. The van der Waals surface area contributed by atoms with Crippen LogP contribution in [0.25, 0.3) is 22.7 Å². The predicted molar refractivity (Wildman–Crippen MR) is 152 cm³/mol. The second-order valence-electron chi connectivity index (χ2n) is 9.57. The molecule has 1 atom stereocenters. The first-order valence-electron chi connectivity index (χ1n) is 13.0. The van der Waals surface area contributed by atoms with Crippen LogP contribution >= 0.6 is 0 Å². The molecular formula is C31H26N6O4. The number of aryl methyl sites for hydroxylation is 1. The number of methoxy groups -OCH3 is 3. The zero-order valence-corrected chi connectivity index (χ0v) is 22.9. The van der Waals surface area contributed by atoms with Gasteiger partial charge in [-0.05, 0) is 43.3 Å². The van der Waals surface area contributed by atoms with Crippen molar-refractivity contribution in [3.8, 4) is 46.1 Å². The molecule has 0 N–H and O–H groups in total. The van der Waals surface area contributed by atoms with Gasteiger partial charge in [0.25, 0.3) is 0 Å². The van der Waals surface area contributed by atoms with Crippen LogP contribution < -0.4 is 18.9 Å². The maximum atomic E-state index is 6.53. The molecule has 0 amide bonds. The molecule has 10 heteroatoms. The average molecular weight is 547 g/mol. The monoisotopic (exact) mass is 546 g/mol. The van der Waals surface area contributed by atoms with Gasteiger partial charge in [-0.25, -0.2) is 19.2 Å². The van der Waals surface area contributed by atoms with E-state index in [1.165, 1.54) is 0 Å². The van der Waals surface area contributed by atoms with Crippen LogP contribution in [0.4, 0.5) is 0 Å². The molecule has 3 aromatic heterocycles. The Hall–Kier alpha value is -5.38. The first-order chi connectivity index (χ1) is 20.1. The molecule has 1 aliphatic heterocycles. The highest BCUT2D eigenvalue weighted by molar-refractivity contribution is 5.70. The lowest BCUT2D eigenvalue weighted by molar-refractivity contribution is 0.355. The van der Waals surface area contributed by atoms with Gasteiger partial charge in [-0.1, -0.05) is 36.4 Å². The molecule has 3 aromatic carbocycles. The molecule has 0 saturated heterocycles. The van der Waals surface area contributed by atoms with Gasteiger partial charge in [0.15, 0.2) is 23.0 Å². The van der Waals surface area contributed by atoms with Crippen LogP contribution in [-0.2, 0) is 0 Å². The van der Waals surface area contributed by atoms with Crippen molar-refractivity contribution in [1.29, 1.82) is 0 Å². The van der Waals surface area contributed by atoms with E-state index in [2.05, 4.69) is 6.07 Å². The van der Waals surface area contributed by atoms with Crippen molar-refractivity contribution in [1.82, 2.24) is 29.4 Å². The Morgan fingerprint density at radius 1 is 0.780 bits per heavy atom. The molecule has 0 saturated carbocycles. The Balaban J connectivity index is 1.48. The Labute approximate surface area is 235 Å². The lowest BCUT2D eigenvalue weighted by Gasteiger charge is -2.27. The van der Waals surface area contributed by atoms with E-state index in [-0.39, 0.29) is 5.92 Å². The van der Waals surface area contributed by atoms with Crippen molar-refractivity contribution in [3.63, 3.8) is 0 Å². The summed E-state index contributed by atoms with van der Waals surface area (Å²) in [6, 6.07) is 23.4. The zero-order chi connectivity index (χ0) is 28.1. The Morgan fingerprint density at radius 2 is 1.54 bits per heavy atom. The van der Waals surface area contributed by atoms with Crippen molar-refractivity contribution in [3.05, 3.63) is 102 Å². The molecule has 0 fully saturated rings. The maximum Gasteiger partial charge on any atom is 0.230 e. The summed E-state index contributed by atoms with van der Waals surface area (Å²) in [5.74, 6) is 3.18. The quantitative estimate of drug-likeness (QED) is 0.266. The number of hydrogen-bond donors (Lipinski definition) is 0. The number of nitrogens with zero attached hydrogens (tertiary/aromatic N) is 6. The van der Waals surface area contributed by atoms with Crippen molar-refractivity contribution < 1.29 is 18.9 Å². The van der Waals surface area contributed by atoms with E-state index in [1.54, 1.807) is 32.2 Å². The maximum absolute atomic E-state index is 6.53. The van der Waals surface area contributed by atoms with Crippen molar-refractivity contribution in [2.45, 2.75) is 12.8 Å². The SMILES string of the molecule is COc1ccc(-c2nc3c4c(ncn3n2)Oc2c(c(C)nn2-c2ccccc2)[C@@H]4c2ccccc2OC)cc1OC. The van der Waals surface area contributed by atoms with Crippen LogP contribution in [0, 0.1) is 6.92 Å². The number of hydrogen-bond acceptors (Lipinski definition) is 8. The average Bonchev–Trinajstić information content (AvgIpc) is 3.61. The third kappa shape index (κ3) is 3.87. The molecule has 0 aliphatic carbocycles. The fourth-order valence-corrected chi connectivity index (χ4v) is 5.44. The van der Waals surface area contributed by atoms with E-state index >= 15 is 0 Å². The lowest BCUT2D eigenvalue weighted by Crippen LogP contribution is -2.16. The minimum atomic E-state index is -0.332. The Morgan fingerprint density at radius 3 is 2.32 bits per heavy atom. The Bertz CT molecular complexity index is 1910. The fraction of sp³-hybridized carbons (Fsp3) is 0.161. The zero-order valence-electron chi connectivity index (χ0n) is 22.9. The first kappa shape index (κ1) is 24.6. The van der Waals surface area contributed by atoms with E-state index in [0.717, 1.165) is 39.4 Å². The van der Waals surface area contributed by atoms with E-state index < -0.39 is 0 Å². The molecule has 204 valence electrons. The van der Waals surface area contributed by atoms with E-state index in [1.807, 2.05) is 78.3 Å². The fourth-order valence-electron chi connectivity index (χ4n) is 5.44. The van der Waals surface area contributed by atoms with Gasteiger partial charge in [0.1, 0.15) is 12.1 Å². The minimum absolute atomic E-state index is 0.332. The largest absolute Gasteiger partial charge is 0.496 e. The lowest BCUT2D eigenvalue weighted by atomic mass is 9.84. The number of ether oxygens (including phenoxy) is 4. The topological polar surface area (TPSA) is 97.8 Å². The molecule has 0 spiro atoms. The van der Waals surface area contributed by atoms with Gasteiger partial charge in [0.2, 0.25) is 11.8 Å². The van der Waals surface area contributed by atoms with Gasteiger partial charge in [-0.3, -0.25) is 0 Å². The van der Waals surface area contributed by atoms with Crippen LogP contribution in [0.3, 0.4) is 0 Å². The highest BCUT2D eigenvalue weighted by atomic mass is 16.5. The number of aromatic nitrogens is 6. The highest BCUT2D eigenvalue weighted by Gasteiger charge is 2.39. The van der Waals surface area contributed by atoms with Crippen LogP contribution in [0.15, 0.2) is 79.1 Å². The summed E-state index contributed by atoms with van der Waals surface area (Å²) >= 11 is 0. The highest BCUT2D eigenvalue weighted by Crippen LogP contribution is 2.51. The molecule has 10 nitrogen and oxygen atoms in total. The van der Waals surface area contributed by atoms with Gasteiger partial charge in [0, 0.05) is 11.1 Å². The van der Waals surface area contributed by atoms with Crippen LogP contribution in [0.1, 0.15) is 28.3 Å².